The summed E-state index contributed by atoms with van der Waals surface area (Å²) in [7, 11) is -3.58. The zero-order valence-electron chi connectivity index (χ0n) is 16.2. The Labute approximate surface area is 169 Å². The minimum atomic E-state index is -3.58. The maximum absolute atomic E-state index is 13.4. The van der Waals surface area contributed by atoms with Crippen molar-refractivity contribution < 1.29 is 22.0 Å². The highest BCUT2D eigenvalue weighted by atomic mass is 32.2. The molecule has 1 aliphatic rings. The number of hydrogen-bond acceptors (Lipinski definition) is 3. The average molecular weight is 422 g/mol. The van der Waals surface area contributed by atoms with Gasteiger partial charge < -0.3 is 5.32 Å². The molecule has 0 radical (unpaired) electrons. The van der Waals surface area contributed by atoms with Gasteiger partial charge in [0.1, 0.15) is 0 Å². The lowest BCUT2D eigenvalue weighted by Crippen LogP contribution is -2.32. The van der Waals surface area contributed by atoms with Gasteiger partial charge in [0.25, 0.3) is 5.91 Å². The fourth-order valence-corrected chi connectivity index (χ4v) is 4.87. The summed E-state index contributed by atoms with van der Waals surface area (Å²) in [5.41, 5.74) is 0.715. The van der Waals surface area contributed by atoms with E-state index in [9.17, 15) is 22.0 Å². The summed E-state index contributed by atoms with van der Waals surface area (Å²) in [6.45, 7) is 2.68. The molecule has 1 atom stereocenters. The van der Waals surface area contributed by atoms with Gasteiger partial charge in [-0.2, -0.15) is 4.31 Å². The van der Waals surface area contributed by atoms with Crippen molar-refractivity contribution in [3.63, 3.8) is 0 Å². The monoisotopic (exact) mass is 422 g/mol. The summed E-state index contributed by atoms with van der Waals surface area (Å²) >= 11 is 0. The van der Waals surface area contributed by atoms with E-state index in [1.807, 2.05) is 0 Å². The second-order valence-corrected chi connectivity index (χ2v) is 9.15. The minimum Gasteiger partial charge on any atom is -0.346 e. The smallest absolute Gasteiger partial charge is 0.251 e. The van der Waals surface area contributed by atoms with E-state index >= 15 is 0 Å². The summed E-state index contributed by atoms with van der Waals surface area (Å²) < 4.78 is 53.6. The molecule has 0 bridgehead atoms. The van der Waals surface area contributed by atoms with Crippen molar-refractivity contribution in [2.45, 2.75) is 43.5 Å². The molecule has 0 aromatic heterocycles. The van der Waals surface area contributed by atoms with Gasteiger partial charge in [-0.05, 0) is 61.7 Å². The van der Waals surface area contributed by atoms with Gasteiger partial charge in [-0.25, -0.2) is 17.2 Å². The van der Waals surface area contributed by atoms with Crippen LogP contribution in [0.25, 0.3) is 0 Å². The predicted molar refractivity (Wildman–Crippen MR) is 106 cm³/mol. The lowest BCUT2D eigenvalue weighted by Gasteiger charge is -2.20. The third-order valence-electron chi connectivity index (χ3n) is 5.11. The highest BCUT2D eigenvalue weighted by molar-refractivity contribution is 7.89. The second kappa shape index (κ2) is 9.00. The number of benzene rings is 2. The molecule has 0 spiro atoms. The molecule has 1 fully saturated rings. The second-order valence-electron chi connectivity index (χ2n) is 7.21. The van der Waals surface area contributed by atoms with Crippen LogP contribution in [0.2, 0.25) is 0 Å². The molecule has 8 heteroatoms. The van der Waals surface area contributed by atoms with Gasteiger partial charge in [0, 0.05) is 18.7 Å². The van der Waals surface area contributed by atoms with Crippen molar-refractivity contribution >= 4 is 15.9 Å². The lowest BCUT2D eigenvalue weighted by atomic mass is 10.1. The Morgan fingerprint density at radius 3 is 2.17 bits per heavy atom. The first-order valence-corrected chi connectivity index (χ1v) is 11.1. The van der Waals surface area contributed by atoms with Gasteiger partial charge in [-0.1, -0.05) is 18.9 Å². The molecule has 0 unspecified atom stereocenters. The van der Waals surface area contributed by atoms with Crippen molar-refractivity contribution in [1.82, 2.24) is 9.62 Å². The summed E-state index contributed by atoms with van der Waals surface area (Å²) in [5.74, 6) is -2.36. The normalized spacial score (nSPS) is 16.8. The van der Waals surface area contributed by atoms with Gasteiger partial charge in [0.2, 0.25) is 10.0 Å². The Balaban J connectivity index is 1.70. The highest BCUT2D eigenvalue weighted by Gasteiger charge is 2.25. The quantitative estimate of drug-likeness (QED) is 0.792. The Morgan fingerprint density at radius 1 is 0.966 bits per heavy atom. The van der Waals surface area contributed by atoms with Gasteiger partial charge in [0.15, 0.2) is 11.6 Å². The zero-order chi connectivity index (χ0) is 21.0. The Hall–Kier alpha value is -2.32. The van der Waals surface area contributed by atoms with E-state index in [-0.39, 0.29) is 10.5 Å². The first kappa shape index (κ1) is 21.4. The lowest BCUT2D eigenvalue weighted by molar-refractivity contribution is 0.0939. The van der Waals surface area contributed by atoms with E-state index in [4.69, 9.17) is 0 Å². The molecule has 0 aliphatic carbocycles. The van der Waals surface area contributed by atoms with Crippen molar-refractivity contribution in [2.24, 2.45) is 0 Å². The van der Waals surface area contributed by atoms with Crippen LogP contribution in [0.15, 0.2) is 47.4 Å². The zero-order valence-corrected chi connectivity index (χ0v) is 17.0. The van der Waals surface area contributed by atoms with Crippen LogP contribution in [0.4, 0.5) is 8.78 Å². The molecular weight excluding hydrogens is 398 g/mol. The summed E-state index contributed by atoms with van der Waals surface area (Å²) in [6, 6.07) is 8.68. The predicted octanol–water partition coefficient (Wildman–Crippen LogP) is 4.02. The Bertz CT molecular complexity index is 970. The number of nitrogens with zero attached hydrogens (tertiary/aromatic N) is 1. The molecule has 0 saturated carbocycles. The molecule has 1 aliphatic heterocycles. The van der Waals surface area contributed by atoms with Gasteiger partial charge in [-0.3, -0.25) is 4.79 Å². The average Bonchev–Trinajstić information content (AvgIpc) is 3.00. The fourth-order valence-electron chi connectivity index (χ4n) is 3.35. The van der Waals surface area contributed by atoms with Crippen LogP contribution in [0, 0.1) is 11.6 Å². The molecule has 2 aromatic rings. The van der Waals surface area contributed by atoms with Crippen LogP contribution in [0.1, 0.15) is 54.6 Å². The van der Waals surface area contributed by atoms with Gasteiger partial charge >= 0.3 is 0 Å². The number of sulfonamides is 1. The van der Waals surface area contributed by atoms with Crippen molar-refractivity contribution in [3.8, 4) is 0 Å². The number of halogens is 2. The topological polar surface area (TPSA) is 66.5 Å². The van der Waals surface area contributed by atoms with E-state index in [1.54, 1.807) is 6.92 Å². The van der Waals surface area contributed by atoms with Crippen molar-refractivity contribution in [1.29, 1.82) is 0 Å². The van der Waals surface area contributed by atoms with Crippen LogP contribution >= 0.6 is 0 Å². The highest BCUT2D eigenvalue weighted by Crippen LogP contribution is 2.21. The number of carbonyl (C=O) groups is 1. The third kappa shape index (κ3) is 5.00. The van der Waals surface area contributed by atoms with E-state index < -0.39 is 33.6 Å². The number of amides is 1. The molecule has 1 heterocycles. The van der Waals surface area contributed by atoms with E-state index in [1.165, 1.54) is 34.6 Å². The molecular formula is C21H24F2N2O3S. The van der Waals surface area contributed by atoms with Crippen LogP contribution < -0.4 is 5.32 Å². The fraction of sp³-hybridized carbons (Fsp3) is 0.381. The van der Waals surface area contributed by atoms with Crippen LogP contribution in [-0.2, 0) is 10.0 Å². The molecule has 5 nitrogen and oxygen atoms in total. The Kier molecular flexibility index (Phi) is 6.64. The first-order valence-electron chi connectivity index (χ1n) is 9.65. The van der Waals surface area contributed by atoms with E-state index in [0.717, 1.165) is 37.8 Å². The summed E-state index contributed by atoms with van der Waals surface area (Å²) in [6.07, 6.45) is 3.76. The van der Waals surface area contributed by atoms with Gasteiger partial charge in [0.05, 0.1) is 10.9 Å². The maximum atomic E-state index is 13.4. The van der Waals surface area contributed by atoms with E-state index in [0.29, 0.717) is 18.7 Å². The third-order valence-corrected chi connectivity index (χ3v) is 7.02. The number of rotatable bonds is 5. The molecule has 156 valence electrons. The van der Waals surface area contributed by atoms with Crippen LogP contribution in [-0.4, -0.2) is 31.7 Å². The number of nitrogens with one attached hydrogen (secondary N) is 1. The standard InChI is InChI=1S/C21H24F2N2O3S/c1-15(17-8-11-19(22)20(23)14-17)24-21(26)16-6-9-18(10-7-16)29(27,28)25-12-4-2-3-5-13-25/h6-11,14-15H,2-5,12-13H2,1H3,(H,24,26)/t15-/m1/s1. The van der Waals surface area contributed by atoms with Gasteiger partial charge in [-0.15, -0.1) is 0 Å². The van der Waals surface area contributed by atoms with Crippen LogP contribution in [0.5, 0.6) is 0 Å². The number of carbonyl (C=O) groups excluding carboxylic acids is 1. The molecule has 1 saturated heterocycles. The van der Waals surface area contributed by atoms with Crippen molar-refractivity contribution in [3.05, 3.63) is 65.2 Å². The van der Waals surface area contributed by atoms with Crippen LogP contribution in [0.3, 0.4) is 0 Å². The Morgan fingerprint density at radius 2 is 1.59 bits per heavy atom. The summed E-state index contributed by atoms with van der Waals surface area (Å²) in [4.78, 5) is 12.6. The molecule has 3 rings (SSSR count). The first-order chi connectivity index (χ1) is 13.8. The largest absolute Gasteiger partial charge is 0.346 e. The van der Waals surface area contributed by atoms with E-state index in [2.05, 4.69) is 5.32 Å². The maximum Gasteiger partial charge on any atom is 0.251 e. The van der Waals surface area contributed by atoms with Crippen molar-refractivity contribution in [2.75, 3.05) is 13.1 Å². The molecule has 1 amide bonds. The summed E-state index contributed by atoms with van der Waals surface area (Å²) in [5, 5.41) is 2.70. The molecule has 1 N–H and O–H groups in total. The minimum absolute atomic E-state index is 0.157. The molecule has 2 aromatic carbocycles. The number of hydrogen-bond donors (Lipinski definition) is 1. The SMILES string of the molecule is C[C@@H](NC(=O)c1ccc(S(=O)(=O)N2CCCCCC2)cc1)c1ccc(F)c(F)c1. The molecule has 29 heavy (non-hydrogen) atoms.